The van der Waals surface area contributed by atoms with Gasteiger partial charge in [-0.05, 0) is 6.07 Å². The summed E-state index contributed by atoms with van der Waals surface area (Å²) >= 11 is 0. The zero-order chi connectivity index (χ0) is 17.0. The van der Waals surface area contributed by atoms with Crippen LogP contribution in [-0.4, -0.2) is 27.9 Å². The Morgan fingerprint density at radius 1 is 1.13 bits per heavy atom. The number of nitrogens with zero attached hydrogens (tertiary/aromatic N) is 3. The van der Waals surface area contributed by atoms with E-state index >= 15 is 0 Å². The lowest BCUT2D eigenvalue weighted by molar-refractivity contribution is -0.385. The summed E-state index contributed by atoms with van der Waals surface area (Å²) in [5, 5.41) is 21.8. The average molecular weight is 317 g/mol. The van der Waals surface area contributed by atoms with Crippen molar-refractivity contribution in [1.82, 2.24) is 4.98 Å². The Hall–Kier alpha value is -3.36. The van der Waals surface area contributed by atoms with Crippen LogP contribution in [0.15, 0.2) is 42.6 Å². The molecule has 0 aliphatic rings. The maximum Gasteiger partial charge on any atom is 0.319 e. The smallest absolute Gasteiger partial charge is 0.319 e. The second-order valence-electron chi connectivity index (χ2n) is 4.47. The van der Waals surface area contributed by atoms with Crippen molar-refractivity contribution in [3.05, 3.63) is 74.1 Å². The number of carbonyl (C=O) groups excluding carboxylic acids is 1. The number of ether oxygens (including phenoxy) is 1. The Kier molecular flexibility index (Phi) is 4.60. The van der Waals surface area contributed by atoms with Gasteiger partial charge in [-0.25, -0.2) is 0 Å². The molecule has 9 heteroatoms. The standard InChI is InChI=1S/C14H11N3O6/c1-23-14(18)13(10-4-2-3-5-12(10)17(21)22)11-7-6-9(8-15-11)16(19)20/h2-8,13H,1H3. The molecular formula is C14H11N3O6. The molecule has 9 nitrogen and oxygen atoms in total. The molecule has 0 spiro atoms. The van der Waals surface area contributed by atoms with Crippen molar-refractivity contribution in [3.8, 4) is 0 Å². The number of methoxy groups -OCH3 is 1. The zero-order valence-electron chi connectivity index (χ0n) is 11.9. The van der Waals surface area contributed by atoms with Crippen LogP contribution >= 0.6 is 0 Å². The molecule has 0 N–H and O–H groups in total. The highest BCUT2D eigenvalue weighted by atomic mass is 16.6. The van der Waals surface area contributed by atoms with Gasteiger partial charge < -0.3 is 4.74 Å². The van der Waals surface area contributed by atoms with Gasteiger partial charge in [-0.15, -0.1) is 0 Å². The minimum Gasteiger partial charge on any atom is -0.468 e. The van der Waals surface area contributed by atoms with Gasteiger partial charge in [0.05, 0.1) is 28.2 Å². The van der Waals surface area contributed by atoms with E-state index in [1.807, 2.05) is 0 Å². The highest BCUT2D eigenvalue weighted by Crippen LogP contribution is 2.32. The Morgan fingerprint density at radius 3 is 2.35 bits per heavy atom. The van der Waals surface area contributed by atoms with Crippen LogP contribution in [0.25, 0.3) is 0 Å². The Bertz CT molecular complexity index is 759. The van der Waals surface area contributed by atoms with Crippen LogP contribution in [0.4, 0.5) is 11.4 Å². The molecule has 23 heavy (non-hydrogen) atoms. The molecule has 0 bridgehead atoms. The molecule has 0 radical (unpaired) electrons. The van der Waals surface area contributed by atoms with E-state index in [2.05, 4.69) is 4.98 Å². The third-order valence-electron chi connectivity index (χ3n) is 3.16. The minimum absolute atomic E-state index is 0.103. The average Bonchev–Trinajstić information content (AvgIpc) is 2.55. The van der Waals surface area contributed by atoms with Gasteiger partial charge in [-0.1, -0.05) is 18.2 Å². The summed E-state index contributed by atoms with van der Waals surface area (Å²) in [4.78, 5) is 36.6. The second-order valence-corrected chi connectivity index (χ2v) is 4.47. The first-order chi connectivity index (χ1) is 11.0. The molecule has 2 rings (SSSR count). The summed E-state index contributed by atoms with van der Waals surface area (Å²) in [6.07, 6.45) is 0.986. The van der Waals surface area contributed by atoms with E-state index in [0.717, 1.165) is 13.3 Å². The van der Waals surface area contributed by atoms with Gasteiger partial charge in [-0.2, -0.15) is 0 Å². The van der Waals surface area contributed by atoms with E-state index in [4.69, 9.17) is 4.74 Å². The van der Waals surface area contributed by atoms with Crippen molar-refractivity contribution in [3.63, 3.8) is 0 Å². The number of nitro benzene ring substituents is 1. The van der Waals surface area contributed by atoms with Gasteiger partial charge in [0.15, 0.2) is 0 Å². The number of hydrogen-bond donors (Lipinski definition) is 0. The first-order valence-corrected chi connectivity index (χ1v) is 6.37. The number of esters is 1. The molecule has 0 fully saturated rings. The first-order valence-electron chi connectivity index (χ1n) is 6.37. The van der Waals surface area contributed by atoms with E-state index in [0.29, 0.717) is 0 Å². The molecule has 0 saturated heterocycles. The summed E-state index contributed by atoms with van der Waals surface area (Å²) < 4.78 is 4.70. The van der Waals surface area contributed by atoms with Crippen LogP contribution < -0.4 is 0 Å². The van der Waals surface area contributed by atoms with Crippen LogP contribution in [0.5, 0.6) is 0 Å². The molecule has 0 aliphatic heterocycles. The van der Waals surface area contributed by atoms with E-state index in [-0.39, 0.29) is 22.6 Å². The van der Waals surface area contributed by atoms with Crippen LogP contribution in [0.2, 0.25) is 0 Å². The fraction of sp³-hybridized carbons (Fsp3) is 0.143. The molecule has 0 amide bonds. The number of benzene rings is 1. The van der Waals surface area contributed by atoms with Crippen LogP contribution in [-0.2, 0) is 9.53 Å². The molecule has 0 saturated carbocycles. The minimum atomic E-state index is -1.15. The summed E-state index contributed by atoms with van der Waals surface area (Å²) in [5.41, 5.74) is -0.287. The first kappa shape index (κ1) is 16.0. The number of para-hydroxylation sites is 1. The lowest BCUT2D eigenvalue weighted by Gasteiger charge is -2.14. The lowest BCUT2D eigenvalue weighted by Crippen LogP contribution is -2.18. The Balaban J connectivity index is 2.57. The fourth-order valence-corrected chi connectivity index (χ4v) is 2.10. The van der Waals surface area contributed by atoms with E-state index < -0.39 is 21.7 Å². The third-order valence-corrected chi connectivity index (χ3v) is 3.16. The number of rotatable bonds is 5. The fourth-order valence-electron chi connectivity index (χ4n) is 2.10. The van der Waals surface area contributed by atoms with Crippen molar-refractivity contribution in [2.45, 2.75) is 5.92 Å². The van der Waals surface area contributed by atoms with Gasteiger partial charge >= 0.3 is 5.97 Å². The summed E-state index contributed by atoms with van der Waals surface area (Å²) in [6, 6.07) is 8.14. The second kappa shape index (κ2) is 6.60. The quantitative estimate of drug-likeness (QED) is 0.470. The monoisotopic (exact) mass is 317 g/mol. The highest BCUT2D eigenvalue weighted by molar-refractivity contribution is 5.83. The number of hydrogen-bond acceptors (Lipinski definition) is 7. The van der Waals surface area contributed by atoms with E-state index in [1.165, 1.54) is 30.3 Å². The van der Waals surface area contributed by atoms with E-state index in [9.17, 15) is 25.0 Å². The van der Waals surface area contributed by atoms with Crippen molar-refractivity contribution < 1.29 is 19.4 Å². The van der Waals surface area contributed by atoms with Gasteiger partial charge in [0.2, 0.25) is 0 Å². The molecule has 1 heterocycles. The number of aromatic nitrogens is 1. The van der Waals surface area contributed by atoms with E-state index in [1.54, 1.807) is 6.07 Å². The van der Waals surface area contributed by atoms with Crippen molar-refractivity contribution in [2.24, 2.45) is 0 Å². The zero-order valence-corrected chi connectivity index (χ0v) is 11.9. The van der Waals surface area contributed by atoms with Gasteiger partial charge in [0.25, 0.3) is 11.4 Å². The molecule has 0 aliphatic carbocycles. The van der Waals surface area contributed by atoms with Gasteiger partial charge in [0, 0.05) is 12.1 Å². The molecule has 1 aromatic carbocycles. The molecule has 1 unspecified atom stereocenters. The maximum absolute atomic E-state index is 12.1. The lowest BCUT2D eigenvalue weighted by atomic mass is 9.93. The molecule has 1 atom stereocenters. The van der Waals surface area contributed by atoms with Crippen molar-refractivity contribution >= 4 is 17.3 Å². The maximum atomic E-state index is 12.1. The third kappa shape index (κ3) is 3.28. The predicted octanol–water partition coefficient (Wildman–Crippen LogP) is 2.20. The summed E-state index contributed by atoms with van der Waals surface area (Å²) in [5.74, 6) is -1.90. The molecule has 2 aromatic rings. The predicted molar refractivity (Wildman–Crippen MR) is 77.8 cm³/mol. The number of carbonyl (C=O) groups is 1. The van der Waals surface area contributed by atoms with Gasteiger partial charge in [0.1, 0.15) is 12.1 Å². The van der Waals surface area contributed by atoms with Gasteiger partial charge in [-0.3, -0.25) is 30.0 Å². The Morgan fingerprint density at radius 2 is 1.83 bits per heavy atom. The largest absolute Gasteiger partial charge is 0.468 e. The Labute approximate surface area is 129 Å². The van der Waals surface area contributed by atoms with Crippen molar-refractivity contribution in [2.75, 3.05) is 7.11 Å². The van der Waals surface area contributed by atoms with Crippen LogP contribution in [0.1, 0.15) is 17.2 Å². The van der Waals surface area contributed by atoms with Crippen LogP contribution in [0.3, 0.4) is 0 Å². The highest BCUT2D eigenvalue weighted by Gasteiger charge is 2.31. The van der Waals surface area contributed by atoms with Crippen LogP contribution in [0, 0.1) is 20.2 Å². The molecule has 118 valence electrons. The normalized spacial score (nSPS) is 11.5. The number of nitro groups is 2. The number of pyridine rings is 1. The summed E-state index contributed by atoms with van der Waals surface area (Å²) in [6.45, 7) is 0. The SMILES string of the molecule is COC(=O)C(c1ccc([N+](=O)[O-])cn1)c1ccccc1[N+](=O)[O-]. The molecular weight excluding hydrogens is 306 g/mol. The topological polar surface area (TPSA) is 125 Å². The summed E-state index contributed by atoms with van der Waals surface area (Å²) in [7, 11) is 1.15. The van der Waals surface area contributed by atoms with Crippen molar-refractivity contribution in [1.29, 1.82) is 0 Å². The molecule has 1 aromatic heterocycles.